The van der Waals surface area contributed by atoms with Crippen LogP contribution in [-0.2, 0) is 6.54 Å². The molecule has 0 atom stereocenters. The van der Waals surface area contributed by atoms with Crippen LogP contribution in [0.4, 0.5) is 0 Å². The molecule has 0 aliphatic heterocycles. The number of aromatic nitrogens is 1. The van der Waals surface area contributed by atoms with E-state index < -0.39 is 0 Å². The lowest BCUT2D eigenvalue weighted by Gasteiger charge is -2.03. The summed E-state index contributed by atoms with van der Waals surface area (Å²) in [6, 6.07) is 8.04. The van der Waals surface area contributed by atoms with E-state index in [4.69, 9.17) is 17.3 Å². The standard InChI is InChI=1S/C11H11ClN2/c1-7-4-9-3-2-8(6-13)5-10(9)11(12)14-7/h2-5H,6,13H2,1H3. The van der Waals surface area contributed by atoms with Crippen LogP contribution in [0.2, 0.25) is 5.15 Å². The fourth-order valence-corrected chi connectivity index (χ4v) is 1.80. The van der Waals surface area contributed by atoms with Gasteiger partial charge in [-0.15, -0.1) is 0 Å². The molecule has 0 radical (unpaired) electrons. The molecule has 0 saturated carbocycles. The van der Waals surface area contributed by atoms with Gasteiger partial charge in [0, 0.05) is 17.6 Å². The van der Waals surface area contributed by atoms with E-state index in [1.807, 2.05) is 31.2 Å². The predicted molar refractivity (Wildman–Crippen MR) is 59.4 cm³/mol. The van der Waals surface area contributed by atoms with E-state index in [0.717, 1.165) is 22.0 Å². The van der Waals surface area contributed by atoms with E-state index in [1.54, 1.807) is 0 Å². The van der Waals surface area contributed by atoms with E-state index in [0.29, 0.717) is 11.7 Å². The minimum atomic E-state index is 0.528. The van der Waals surface area contributed by atoms with Crippen molar-refractivity contribution < 1.29 is 0 Å². The molecule has 0 spiro atoms. The zero-order valence-electron chi connectivity index (χ0n) is 7.92. The van der Waals surface area contributed by atoms with Crippen LogP contribution in [0.5, 0.6) is 0 Å². The molecule has 2 nitrogen and oxygen atoms in total. The summed E-state index contributed by atoms with van der Waals surface area (Å²) in [7, 11) is 0. The van der Waals surface area contributed by atoms with Crippen LogP contribution in [-0.4, -0.2) is 4.98 Å². The molecule has 0 aliphatic carbocycles. The Morgan fingerprint density at radius 1 is 1.36 bits per heavy atom. The highest BCUT2D eigenvalue weighted by Crippen LogP contribution is 2.23. The van der Waals surface area contributed by atoms with Crippen molar-refractivity contribution in [2.45, 2.75) is 13.5 Å². The molecule has 0 fully saturated rings. The van der Waals surface area contributed by atoms with Crippen molar-refractivity contribution in [2.75, 3.05) is 0 Å². The van der Waals surface area contributed by atoms with Crippen LogP contribution in [0.3, 0.4) is 0 Å². The van der Waals surface area contributed by atoms with E-state index in [1.165, 1.54) is 0 Å². The summed E-state index contributed by atoms with van der Waals surface area (Å²) in [5.74, 6) is 0. The van der Waals surface area contributed by atoms with Gasteiger partial charge >= 0.3 is 0 Å². The summed E-state index contributed by atoms with van der Waals surface area (Å²) in [4.78, 5) is 4.20. The minimum Gasteiger partial charge on any atom is -0.326 e. The number of hydrogen-bond donors (Lipinski definition) is 1. The first kappa shape index (κ1) is 9.44. The second-order valence-corrected chi connectivity index (χ2v) is 3.67. The summed E-state index contributed by atoms with van der Waals surface area (Å²) < 4.78 is 0. The molecule has 0 amide bonds. The third kappa shape index (κ3) is 1.59. The largest absolute Gasteiger partial charge is 0.326 e. The van der Waals surface area contributed by atoms with Gasteiger partial charge in [-0.2, -0.15) is 0 Å². The molecule has 1 aromatic heterocycles. The predicted octanol–water partition coefficient (Wildman–Crippen LogP) is 2.66. The van der Waals surface area contributed by atoms with Crippen molar-refractivity contribution in [2.24, 2.45) is 5.73 Å². The molecule has 0 unspecified atom stereocenters. The van der Waals surface area contributed by atoms with Gasteiger partial charge in [0.1, 0.15) is 5.15 Å². The number of fused-ring (bicyclic) bond motifs is 1. The van der Waals surface area contributed by atoms with Gasteiger partial charge in [-0.25, -0.2) is 4.98 Å². The third-order valence-corrected chi connectivity index (χ3v) is 2.50. The summed E-state index contributed by atoms with van der Waals surface area (Å²) in [5.41, 5.74) is 7.56. The lowest BCUT2D eigenvalue weighted by Crippen LogP contribution is -1.96. The van der Waals surface area contributed by atoms with Crippen molar-refractivity contribution in [1.82, 2.24) is 4.98 Å². The van der Waals surface area contributed by atoms with Crippen LogP contribution in [0.25, 0.3) is 10.8 Å². The van der Waals surface area contributed by atoms with E-state index in [2.05, 4.69) is 4.98 Å². The van der Waals surface area contributed by atoms with Gasteiger partial charge in [0.2, 0.25) is 0 Å². The highest BCUT2D eigenvalue weighted by atomic mass is 35.5. The van der Waals surface area contributed by atoms with Crippen molar-refractivity contribution in [3.8, 4) is 0 Å². The number of aryl methyl sites for hydroxylation is 1. The molecule has 72 valence electrons. The number of hydrogen-bond acceptors (Lipinski definition) is 2. The molecule has 2 aromatic rings. The fraction of sp³-hybridized carbons (Fsp3) is 0.182. The second-order valence-electron chi connectivity index (χ2n) is 3.31. The van der Waals surface area contributed by atoms with Gasteiger partial charge < -0.3 is 5.73 Å². The Labute approximate surface area is 87.7 Å². The first-order chi connectivity index (χ1) is 6.70. The van der Waals surface area contributed by atoms with Gasteiger partial charge in [-0.1, -0.05) is 23.7 Å². The molecule has 0 aliphatic rings. The molecular weight excluding hydrogens is 196 g/mol. The SMILES string of the molecule is Cc1cc2ccc(CN)cc2c(Cl)n1. The van der Waals surface area contributed by atoms with Gasteiger partial charge in [0.15, 0.2) is 0 Å². The molecular formula is C11H11ClN2. The number of rotatable bonds is 1. The quantitative estimate of drug-likeness (QED) is 0.729. The van der Waals surface area contributed by atoms with Crippen LogP contribution in [0.15, 0.2) is 24.3 Å². The average Bonchev–Trinajstić information content (AvgIpc) is 2.17. The number of benzene rings is 1. The lowest BCUT2D eigenvalue weighted by molar-refractivity contribution is 1.07. The Kier molecular flexibility index (Phi) is 2.40. The Balaban J connectivity index is 2.75. The van der Waals surface area contributed by atoms with Crippen molar-refractivity contribution in [3.63, 3.8) is 0 Å². The molecule has 0 saturated heterocycles. The molecule has 3 heteroatoms. The van der Waals surface area contributed by atoms with E-state index >= 15 is 0 Å². The molecule has 0 bridgehead atoms. The van der Waals surface area contributed by atoms with Gasteiger partial charge in [-0.3, -0.25) is 0 Å². The second kappa shape index (κ2) is 3.56. The summed E-state index contributed by atoms with van der Waals surface area (Å²) in [6.07, 6.45) is 0. The maximum Gasteiger partial charge on any atom is 0.137 e. The molecule has 14 heavy (non-hydrogen) atoms. The summed E-state index contributed by atoms with van der Waals surface area (Å²) in [6.45, 7) is 2.46. The van der Waals surface area contributed by atoms with Crippen LogP contribution < -0.4 is 5.73 Å². The van der Waals surface area contributed by atoms with Crippen molar-refractivity contribution in [3.05, 3.63) is 40.7 Å². The van der Waals surface area contributed by atoms with Gasteiger partial charge in [-0.05, 0) is 30.0 Å². The first-order valence-corrected chi connectivity index (χ1v) is 4.84. The van der Waals surface area contributed by atoms with Gasteiger partial charge in [0.25, 0.3) is 0 Å². The highest BCUT2D eigenvalue weighted by Gasteiger charge is 2.02. The topological polar surface area (TPSA) is 38.9 Å². The average molecular weight is 207 g/mol. The number of halogens is 1. The van der Waals surface area contributed by atoms with Crippen molar-refractivity contribution in [1.29, 1.82) is 0 Å². The normalized spacial score (nSPS) is 10.8. The lowest BCUT2D eigenvalue weighted by atomic mass is 10.1. The summed E-state index contributed by atoms with van der Waals surface area (Å²) in [5, 5.41) is 2.63. The Morgan fingerprint density at radius 2 is 2.14 bits per heavy atom. The van der Waals surface area contributed by atoms with E-state index in [9.17, 15) is 0 Å². The van der Waals surface area contributed by atoms with Crippen molar-refractivity contribution >= 4 is 22.4 Å². The van der Waals surface area contributed by atoms with E-state index in [-0.39, 0.29) is 0 Å². The minimum absolute atomic E-state index is 0.528. The molecule has 2 N–H and O–H groups in total. The zero-order valence-corrected chi connectivity index (χ0v) is 8.67. The number of nitrogens with two attached hydrogens (primary N) is 1. The molecule has 1 heterocycles. The summed E-state index contributed by atoms with van der Waals surface area (Å²) >= 11 is 6.04. The molecule has 2 rings (SSSR count). The van der Waals surface area contributed by atoms with Crippen LogP contribution in [0.1, 0.15) is 11.3 Å². The number of pyridine rings is 1. The third-order valence-electron chi connectivity index (χ3n) is 2.21. The van der Waals surface area contributed by atoms with Crippen LogP contribution >= 0.6 is 11.6 Å². The Hall–Kier alpha value is -1.12. The number of nitrogens with zero attached hydrogens (tertiary/aromatic N) is 1. The zero-order chi connectivity index (χ0) is 10.1. The van der Waals surface area contributed by atoms with Gasteiger partial charge in [0.05, 0.1) is 0 Å². The Bertz CT molecular complexity index is 480. The first-order valence-electron chi connectivity index (χ1n) is 4.46. The highest BCUT2D eigenvalue weighted by molar-refractivity contribution is 6.34. The fourth-order valence-electron chi connectivity index (χ4n) is 1.51. The molecule has 1 aromatic carbocycles. The maximum atomic E-state index is 6.04. The Morgan fingerprint density at radius 3 is 2.86 bits per heavy atom. The monoisotopic (exact) mass is 206 g/mol. The maximum absolute atomic E-state index is 6.04. The smallest absolute Gasteiger partial charge is 0.137 e. The van der Waals surface area contributed by atoms with Crippen LogP contribution in [0, 0.1) is 6.92 Å².